The topological polar surface area (TPSA) is 46.2 Å². The van der Waals surface area contributed by atoms with Crippen LogP contribution < -0.4 is 5.32 Å². The first kappa shape index (κ1) is 18.0. The highest BCUT2D eigenvalue weighted by molar-refractivity contribution is 9.10. The van der Waals surface area contributed by atoms with Gasteiger partial charge in [0.05, 0.1) is 10.6 Å². The Bertz CT molecular complexity index is 779. The monoisotopic (exact) mass is 403 g/mol. The first-order valence-electron chi connectivity index (χ1n) is 6.96. The van der Waals surface area contributed by atoms with Gasteiger partial charge in [-0.15, -0.1) is 0 Å². The second kappa shape index (κ2) is 7.51. The van der Waals surface area contributed by atoms with Crippen molar-refractivity contribution in [3.05, 3.63) is 64.1 Å². The number of benzene rings is 2. The summed E-state index contributed by atoms with van der Waals surface area (Å²) in [6, 6.07) is 9.77. The van der Waals surface area contributed by atoms with Gasteiger partial charge in [-0.1, -0.05) is 22.0 Å². The van der Waals surface area contributed by atoms with Crippen molar-refractivity contribution in [3.8, 4) is 0 Å². The van der Waals surface area contributed by atoms with E-state index in [9.17, 15) is 17.2 Å². The van der Waals surface area contributed by atoms with Crippen LogP contribution in [0, 0.1) is 11.6 Å². The molecule has 2 aromatic rings. The van der Waals surface area contributed by atoms with Gasteiger partial charge in [0.25, 0.3) is 0 Å². The third kappa shape index (κ3) is 4.83. The molecule has 7 heteroatoms. The van der Waals surface area contributed by atoms with E-state index >= 15 is 0 Å². The van der Waals surface area contributed by atoms with E-state index in [0.717, 1.165) is 16.6 Å². The Morgan fingerprint density at radius 1 is 1.09 bits per heavy atom. The summed E-state index contributed by atoms with van der Waals surface area (Å²) in [6.45, 7) is 1.97. The molecule has 0 saturated carbocycles. The summed E-state index contributed by atoms with van der Waals surface area (Å²) in [6.07, 6.45) is 0. The quantitative estimate of drug-likeness (QED) is 0.796. The molecule has 23 heavy (non-hydrogen) atoms. The molecule has 0 heterocycles. The molecule has 124 valence electrons. The fraction of sp³-hybridized carbons (Fsp3) is 0.250. The van der Waals surface area contributed by atoms with Crippen molar-refractivity contribution in [2.45, 2.75) is 17.9 Å². The van der Waals surface area contributed by atoms with Crippen LogP contribution in [0.15, 0.2) is 51.8 Å². The van der Waals surface area contributed by atoms with E-state index in [1.165, 1.54) is 18.2 Å². The second-order valence-electron chi connectivity index (χ2n) is 5.12. The molecular formula is C16H16BrF2NO2S. The largest absolute Gasteiger partial charge is 0.309 e. The van der Waals surface area contributed by atoms with Crippen LogP contribution in [-0.2, 0) is 9.84 Å². The Hall–Kier alpha value is -1.31. The fourth-order valence-corrected chi connectivity index (χ4v) is 3.51. The van der Waals surface area contributed by atoms with Crippen molar-refractivity contribution < 1.29 is 17.2 Å². The van der Waals surface area contributed by atoms with Gasteiger partial charge < -0.3 is 5.32 Å². The van der Waals surface area contributed by atoms with Crippen LogP contribution in [0.5, 0.6) is 0 Å². The molecule has 0 unspecified atom stereocenters. The number of rotatable bonds is 6. The Morgan fingerprint density at radius 2 is 1.74 bits per heavy atom. The van der Waals surface area contributed by atoms with Crippen molar-refractivity contribution in [2.24, 2.45) is 0 Å². The van der Waals surface area contributed by atoms with Crippen molar-refractivity contribution in [2.75, 3.05) is 12.3 Å². The zero-order valence-electron chi connectivity index (χ0n) is 12.4. The number of sulfone groups is 1. The molecular weight excluding hydrogens is 388 g/mol. The maximum absolute atomic E-state index is 13.2. The molecule has 2 rings (SSSR count). The molecule has 1 atom stereocenters. The smallest absolute Gasteiger partial charge is 0.179 e. The molecule has 3 nitrogen and oxygen atoms in total. The zero-order chi connectivity index (χ0) is 17.0. The average Bonchev–Trinajstić information content (AvgIpc) is 2.50. The molecule has 0 bridgehead atoms. The summed E-state index contributed by atoms with van der Waals surface area (Å²) in [7, 11) is -3.39. The van der Waals surface area contributed by atoms with E-state index in [4.69, 9.17) is 0 Å². The lowest BCUT2D eigenvalue weighted by molar-refractivity contribution is 0.502. The molecule has 0 amide bonds. The minimum Gasteiger partial charge on any atom is -0.309 e. The van der Waals surface area contributed by atoms with Gasteiger partial charge in [-0.3, -0.25) is 0 Å². The van der Waals surface area contributed by atoms with E-state index in [0.29, 0.717) is 5.56 Å². The summed E-state index contributed by atoms with van der Waals surface area (Å²) in [5, 5.41) is 3.01. The van der Waals surface area contributed by atoms with Crippen molar-refractivity contribution >= 4 is 25.8 Å². The highest BCUT2D eigenvalue weighted by atomic mass is 79.9. The van der Waals surface area contributed by atoms with Crippen LogP contribution in [-0.4, -0.2) is 20.7 Å². The zero-order valence-corrected chi connectivity index (χ0v) is 14.8. The summed E-state index contributed by atoms with van der Waals surface area (Å²) in [5.74, 6) is -1.90. The lowest BCUT2D eigenvalue weighted by Gasteiger charge is -2.14. The third-order valence-electron chi connectivity index (χ3n) is 3.44. The number of halogens is 3. The van der Waals surface area contributed by atoms with Gasteiger partial charge in [-0.25, -0.2) is 17.2 Å². The molecule has 0 saturated heterocycles. The van der Waals surface area contributed by atoms with Crippen LogP contribution in [0.25, 0.3) is 0 Å². The highest BCUT2D eigenvalue weighted by Gasteiger charge is 2.15. The lowest BCUT2D eigenvalue weighted by Crippen LogP contribution is -2.26. The SMILES string of the molecule is C[C@H](NCCS(=O)(=O)c1ccc(Br)cc1)c1ccc(F)c(F)c1. The van der Waals surface area contributed by atoms with E-state index in [-0.39, 0.29) is 23.2 Å². The van der Waals surface area contributed by atoms with E-state index in [1.54, 1.807) is 19.1 Å². The molecule has 0 radical (unpaired) electrons. The third-order valence-corrected chi connectivity index (χ3v) is 5.70. The summed E-state index contributed by atoms with van der Waals surface area (Å²) >= 11 is 3.26. The minimum atomic E-state index is -3.39. The maximum atomic E-state index is 13.2. The van der Waals surface area contributed by atoms with E-state index in [2.05, 4.69) is 21.2 Å². The summed E-state index contributed by atoms with van der Waals surface area (Å²) in [4.78, 5) is 0.253. The van der Waals surface area contributed by atoms with Crippen LogP contribution in [0.1, 0.15) is 18.5 Å². The average molecular weight is 404 g/mol. The Morgan fingerprint density at radius 3 is 2.35 bits per heavy atom. The maximum Gasteiger partial charge on any atom is 0.179 e. The van der Waals surface area contributed by atoms with Gasteiger partial charge in [0.15, 0.2) is 21.5 Å². The summed E-state index contributed by atoms with van der Waals surface area (Å²) < 4.78 is 51.3. The predicted octanol–water partition coefficient (Wildman–Crippen LogP) is 3.85. The fourth-order valence-electron chi connectivity index (χ4n) is 2.07. The molecule has 2 aromatic carbocycles. The van der Waals surface area contributed by atoms with E-state index in [1.807, 2.05) is 0 Å². The highest BCUT2D eigenvalue weighted by Crippen LogP contribution is 2.17. The molecule has 0 aliphatic heterocycles. The molecule has 0 aliphatic rings. The minimum absolute atomic E-state index is 0.0807. The number of hydrogen-bond donors (Lipinski definition) is 1. The van der Waals surface area contributed by atoms with Crippen molar-refractivity contribution in [1.82, 2.24) is 5.32 Å². The Labute approximate surface area is 142 Å². The van der Waals surface area contributed by atoms with Gasteiger partial charge in [0.2, 0.25) is 0 Å². The Kier molecular flexibility index (Phi) is 5.89. The van der Waals surface area contributed by atoms with E-state index < -0.39 is 21.5 Å². The molecule has 0 spiro atoms. The normalized spacial score (nSPS) is 13.0. The van der Waals surface area contributed by atoms with Crippen molar-refractivity contribution in [1.29, 1.82) is 0 Å². The number of hydrogen-bond acceptors (Lipinski definition) is 3. The van der Waals surface area contributed by atoms with Gasteiger partial charge in [0, 0.05) is 17.1 Å². The van der Waals surface area contributed by atoms with Gasteiger partial charge in [-0.05, 0) is 48.9 Å². The van der Waals surface area contributed by atoms with Gasteiger partial charge in [-0.2, -0.15) is 0 Å². The lowest BCUT2D eigenvalue weighted by atomic mass is 10.1. The standard InChI is InChI=1S/C16H16BrF2NO2S/c1-11(12-2-7-15(18)16(19)10-12)20-8-9-23(21,22)14-5-3-13(17)4-6-14/h2-7,10-11,20H,8-9H2,1H3/t11-/m0/s1. The molecule has 0 fully saturated rings. The van der Waals surface area contributed by atoms with Gasteiger partial charge >= 0.3 is 0 Å². The first-order chi connectivity index (χ1) is 10.8. The number of nitrogens with one attached hydrogen (secondary N) is 1. The second-order valence-corrected chi connectivity index (χ2v) is 8.15. The van der Waals surface area contributed by atoms with Crippen LogP contribution in [0.3, 0.4) is 0 Å². The van der Waals surface area contributed by atoms with Crippen LogP contribution >= 0.6 is 15.9 Å². The summed E-state index contributed by atoms with van der Waals surface area (Å²) in [5.41, 5.74) is 0.560. The predicted molar refractivity (Wildman–Crippen MR) is 89.0 cm³/mol. The van der Waals surface area contributed by atoms with Crippen LogP contribution in [0.4, 0.5) is 8.78 Å². The molecule has 0 aromatic heterocycles. The van der Waals surface area contributed by atoms with Gasteiger partial charge in [0.1, 0.15) is 0 Å². The first-order valence-corrected chi connectivity index (χ1v) is 9.41. The van der Waals surface area contributed by atoms with Crippen molar-refractivity contribution in [3.63, 3.8) is 0 Å². The molecule has 0 aliphatic carbocycles. The van der Waals surface area contributed by atoms with Crippen LogP contribution in [0.2, 0.25) is 0 Å². The Balaban J connectivity index is 1.95. The molecule has 1 N–H and O–H groups in total.